The second-order valence-corrected chi connectivity index (χ2v) is 3.99. The van der Waals surface area contributed by atoms with Gasteiger partial charge in [0.2, 0.25) is 0 Å². The predicted molar refractivity (Wildman–Crippen MR) is 66.7 cm³/mol. The quantitative estimate of drug-likeness (QED) is 0.817. The van der Waals surface area contributed by atoms with E-state index in [1.54, 1.807) is 0 Å². The lowest BCUT2D eigenvalue weighted by Crippen LogP contribution is -1.84. The van der Waals surface area contributed by atoms with Gasteiger partial charge in [-0.1, -0.05) is 11.6 Å². The molecule has 0 aliphatic rings. The number of aliphatic imine (C=N–C) groups is 1. The second-order valence-electron chi connectivity index (χ2n) is 3.56. The van der Waals surface area contributed by atoms with E-state index in [1.165, 1.54) is 30.5 Å². The molecule has 0 saturated heterocycles. The Balaban J connectivity index is 2.32. The molecule has 0 aliphatic heterocycles. The molecule has 92 valence electrons. The molecule has 2 rings (SSSR count). The molecule has 2 aromatic carbocycles. The van der Waals surface area contributed by atoms with Gasteiger partial charge in [-0.05, 0) is 30.3 Å². The Bertz CT molecular complexity index is 614. The van der Waals surface area contributed by atoms with Gasteiger partial charge in [0.05, 0.1) is 5.69 Å². The minimum atomic E-state index is -0.771. The SMILES string of the molecule is Oc1ccc(Cl)cc1C=Nc1ccc(F)cc1F. The molecule has 2 aromatic rings. The maximum absolute atomic E-state index is 13.3. The maximum atomic E-state index is 13.3. The molecule has 2 nitrogen and oxygen atoms in total. The predicted octanol–water partition coefficient (Wildman–Crippen LogP) is 4.07. The number of hydrogen-bond donors (Lipinski definition) is 1. The van der Waals surface area contributed by atoms with Crippen molar-refractivity contribution in [3.05, 3.63) is 58.6 Å². The number of phenolic OH excluding ortho intramolecular Hbond substituents is 1. The highest BCUT2D eigenvalue weighted by atomic mass is 35.5. The fraction of sp³-hybridized carbons (Fsp3) is 0. The van der Waals surface area contributed by atoms with Crippen LogP contribution in [0.15, 0.2) is 41.4 Å². The first-order chi connectivity index (χ1) is 8.56. The van der Waals surface area contributed by atoms with Gasteiger partial charge in [-0.3, -0.25) is 4.99 Å². The maximum Gasteiger partial charge on any atom is 0.151 e. The highest BCUT2D eigenvalue weighted by Gasteiger charge is 2.03. The average molecular weight is 268 g/mol. The Morgan fingerprint density at radius 2 is 1.89 bits per heavy atom. The summed E-state index contributed by atoms with van der Waals surface area (Å²) in [4.78, 5) is 3.83. The molecule has 0 fully saturated rings. The van der Waals surface area contributed by atoms with Crippen molar-refractivity contribution in [2.24, 2.45) is 4.99 Å². The van der Waals surface area contributed by atoms with Crippen LogP contribution in [0.4, 0.5) is 14.5 Å². The second kappa shape index (κ2) is 5.14. The van der Waals surface area contributed by atoms with Crippen LogP contribution in [-0.4, -0.2) is 11.3 Å². The van der Waals surface area contributed by atoms with Crippen LogP contribution in [0, 0.1) is 11.6 Å². The van der Waals surface area contributed by atoms with Crippen LogP contribution < -0.4 is 0 Å². The van der Waals surface area contributed by atoms with Crippen molar-refractivity contribution in [2.45, 2.75) is 0 Å². The summed E-state index contributed by atoms with van der Waals surface area (Å²) in [5.74, 6) is -1.46. The summed E-state index contributed by atoms with van der Waals surface area (Å²) in [6, 6.07) is 7.47. The average Bonchev–Trinajstić information content (AvgIpc) is 2.32. The van der Waals surface area contributed by atoms with Crippen LogP contribution >= 0.6 is 11.6 Å². The fourth-order valence-corrected chi connectivity index (χ4v) is 1.53. The fourth-order valence-electron chi connectivity index (χ4n) is 1.35. The number of halogens is 3. The third-order valence-electron chi connectivity index (χ3n) is 2.24. The van der Waals surface area contributed by atoms with Crippen molar-refractivity contribution >= 4 is 23.5 Å². The Labute approximate surface area is 107 Å². The first kappa shape index (κ1) is 12.5. The largest absolute Gasteiger partial charge is 0.507 e. The summed E-state index contributed by atoms with van der Waals surface area (Å²) in [5, 5.41) is 9.95. The molecule has 0 saturated carbocycles. The third-order valence-corrected chi connectivity index (χ3v) is 2.48. The van der Waals surface area contributed by atoms with E-state index in [2.05, 4.69) is 4.99 Å². The molecule has 0 bridgehead atoms. The van der Waals surface area contributed by atoms with Gasteiger partial charge in [0.1, 0.15) is 11.6 Å². The van der Waals surface area contributed by atoms with Crippen LogP contribution in [0.3, 0.4) is 0 Å². The number of phenols is 1. The van der Waals surface area contributed by atoms with E-state index < -0.39 is 11.6 Å². The van der Waals surface area contributed by atoms with Crippen molar-refractivity contribution in [1.29, 1.82) is 0 Å². The molecule has 1 N–H and O–H groups in total. The van der Waals surface area contributed by atoms with Gasteiger partial charge >= 0.3 is 0 Å². The van der Waals surface area contributed by atoms with Crippen molar-refractivity contribution < 1.29 is 13.9 Å². The van der Waals surface area contributed by atoms with E-state index >= 15 is 0 Å². The molecule has 18 heavy (non-hydrogen) atoms. The Morgan fingerprint density at radius 1 is 1.11 bits per heavy atom. The standard InChI is InChI=1S/C13H8ClF2NO/c14-9-1-4-13(18)8(5-9)7-17-12-3-2-10(15)6-11(12)16/h1-7,18H. The van der Waals surface area contributed by atoms with Gasteiger partial charge in [0.25, 0.3) is 0 Å². The van der Waals surface area contributed by atoms with Crippen molar-refractivity contribution in [3.63, 3.8) is 0 Å². The molecule has 0 spiro atoms. The van der Waals surface area contributed by atoms with Crippen LogP contribution in [-0.2, 0) is 0 Å². The number of rotatable bonds is 2. The van der Waals surface area contributed by atoms with Crippen molar-refractivity contribution in [1.82, 2.24) is 0 Å². The molecule has 0 unspecified atom stereocenters. The summed E-state index contributed by atoms with van der Waals surface area (Å²) in [6.07, 6.45) is 1.26. The molecular formula is C13H8ClF2NO. The van der Waals surface area contributed by atoms with E-state index in [4.69, 9.17) is 11.6 Å². The zero-order chi connectivity index (χ0) is 13.1. The molecule has 0 radical (unpaired) electrons. The van der Waals surface area contributed by atoms with E-state index in [0.29, 0.717) is 10.6 Å². The highest BCUT2D eigenvalue weighted by Crippen LogP contribution is 2.22. The lowest BCUT2D eigenvalue weighted by Gasteiger charge is -2.00. The van der Waals surface area contributed by atoms with Crippen molar-refractivity contribution in [3.8, 4) is 5.75 Å². The van der Waals surface area contributed by atoms with Crippen LogP contribution in [0.1, 0.15) is 5.56 Å². The molecule has 0 atom stereocenters. The Morgan fingerprint density at radius 3 is 2.61 bits per heavy atom. The first-order valence-corrected chi connectivity index (χ1v) is 5.42. The summed E-state index contributed by atoms with van der Waals surface area (Å²) in [5.41, 5.74) is 0.335. The van der Waals surface area contributed by atoms with Crippen LogP contribution in [0.2, 0.25) is 5.02 Å². The Hall–Kier alpha value is -1.94. The molecule has 0 aromatic heterocycles. The van der Waals surface area contributed by atoms with E-state index in [0.717, 1.165) is 12.1 Å². The van der Waals surface area contributed by atoms with Gasteiger partial charge in [-0.15, -0.1) is 0 Å². The minimum absolute atomic E-state index is 0.0178. The lowest BCUT2D eigenvalue weighted by molar-refractivity contribution is 0.474. The summed E-state index contributed by atoms with van der Waals surface area (Å²) in [6.45, 7) is 0. The zero-order valence-corrected chi connectivity index (χ0v) is 9.83. The van der Waals surface area contributed by atoms with Crippen LogP contribution in [0.25, 0.3) is 0 Å². The normalized spacial score (nSPS) is 11.1. The van der Waals surface area contributed by atoms with E-state index in [1.807, 2.05) is 0 Å². The molecular weight excluding hydrogens is 260 g/mol. The number of benzene rings is 2. The summed E-state index contributed by atoms with van der Waals surface area (Å²) < 4.78 is 26.0. The number of hydrogen-bond acceptors (Lipinski definition) is 2. The first-order valence-electron chi connectivity index (χ1n) is 5.04. The number of aromatic hydroxyl groups is 1. The monoisotopic (exact) mass is 267 g/mol. The number of nitrogens with zero attached hydrogens (tertiary/aromatic N) is 1. The summed E-state index contributed by atoms with van der Waals surface area (Å²) in [7, 11) is 0. The molecule has 0 aliphatic carbocycles. The lowest BCUT2D eigenvalue weighted by atomic mass is 10.2. The molecule has 5 heteroatoms. The Kier molecular flexibility index (Phi) is 3.58. The zero-order valence-electron chi connectivity index (χ0n) is 9.07. The summed E-state index contributed by atoms with van der Waals surface area (Å²) >= 11 is 5.75. The van der Waals surface area contributed by atoms with Crippen LogP contribution in [0.5, 0.6) is 5.75 Å². The smallest absolute Gasteiger partial charge is 0.151 e. The minimum Gasteiger partial charge on any atom is -0.507 e. The van der Waals surface area contributed by atoms with Gasteiger partial charge in [-0.25, -0.2) is 8.78 Å². The van der Waals surface area contributed by atoms with E-state index in [9.17, 15) is 13.9 Å². The van der Waals surface area contributed by atoms with Gasteiger partial charge in [0.15, 0.2) is 5.82 Å². The van der Waals surface area contributed by atoms with E-state index in [-0.39, 0.29) is 11.4 Å². The highest BCUT2D eigenvalue weighted by molar-refractivity contribution is 6.30. The third kappa shape index (κ3) is 2.84. The van der Waals surface area contributed by atoms with Gasteiger partial charge < -0.3 is 5.11 Å². The van der Waals surface area contributed by atoms with Gasteiger partial charge in [-0.2, -0.15) is 0 Å². The van der Waals surface area contributed by atoms with Crippen molar-refractivity contribution in [2.75, 3.05) is 0 Å². The topological polar surface area (TPSA) is 32.6 Å². The molecule has 0 amide bonds. The molecule has 0 heterocycles. The van der Waals surface area contributed by atoms with Gasteiger partial charge in [0, 0.05) is 22.9 Å².